The maximum Gasteiger partial charge on any atom is -0.0320 e. The summed E-state index contributed by atoms with van der Waals surface area (Å²) in [5, 5.41) is 0. The van der Waals surface area contributed by atoms with Gasteiger partial charge in [-0.15, -0.1) is 0 Å². The van der Waals surface area contributed by atoms with Gasteiger partial charge in [-0.25, -0.2) is 0 Å². The normalized spacial score (nSPS) is 32.4. The molecule has 158 valence electrons. The fourth-order valence-electron chi connectivity index (χ4n) is 6.18. The first-order chi connectivity index (χ1) is 13.1. The first-order valence-corrected chi connectivity index (χ1v) is 12.8. The van der Waals surface area contributed by atoms with Gasteiger partial charge in [0.2, 0.25) is 0 Å². The number of hydrogen-bond donors (Lipinski definition) is 0. The monoisotopic (exact) mass is 374 g/mol. The predicted molar refractivity (Wildman–Crippen MR) is 122 cm³/mol. The summed E-state index contributed by atoms with van der Waals surface area (Å²) in [5.41, 5.74) is 1.62. The zero-order chi connectivity index (χ0) is 19.5. The molecule has 0 nitrogen and oxygen atoms in total. The van der Waals surface area contributed by atoms with Crippen LogP contribution in [0, 0.1) is 29.6 Å². The van der Waals surface area contributed by atoms with E-state index in [0.29, 0.717) is 0 Å². The molecule has 2 rings (SSSR count). The highest BCUT2D eigenvalue weighted by Crippen LogP contribution is 2.38. The van der Waals surface area contributed by atoms with Gasteiger partial charge in [-0.1, -0.05) is 109 Å². The smallest absolute Gasteiger partial charge is 0.0320 e. The third kappa shape index (κ3) is 8.74. The van der Waals surface area contributed by atoms with Crippen LogP contribution in [0.1, 0.15) is 130 Å². The molecule has 3 atom stereocenters. The maximum atomic E-state index is 2.60. The Balaban J connectivity index is 1.70. The van der Waals surface area contributed by atoms with Gasteiger partial charge in [-0.3, -0.25) is 0 Å². The SMILES string of the molecule is CCC=C(C)CCC1CCCC(C(C)CC2CCCC(CC)CC2)CCC1. The average Bonchev–Trinajstić information content (AvgIpc) is 2.86. The van der Waals surface area contributed by atoms with Crippen molar-refractivity contribution < 1.29 is 0 Å². The van der Waals surface area contributed by atoms with Crippen LogP contribution in [-0.4, -0.2) is 0 Å². The zero-order valence-corrected chi connectivity index (χ0v) is 19.3. The van der Waals surface area contributed by atoms with Crippen LogP contribution in [0.2, 0.25) is 0 Å². The highest BCUT2D eigenvalue weighted by Gasteiger charge is 2.25. The Morgan fingerprint density at radius 1 is 0.815 bits per heavy atom. The largest absolute Gasteiger partial charge is 0.0859 e. The van der Waals surface area contributed by atoms with Crippen LogP contribution < -0.4 is 0 Å². The Labute approximate surface area is 172 Å². The molecule has 0 heteroatoms. The fourth-order valence-corrected chi connectivity index (χ4v) is 6.18. The summed E-state index contributed by atoms with van der Waals surface area (Å²) in [4.78, 5) is 0. The lowest BCUT2D eigenvalue weighted by Gasteiger charge is -2.31. The lowest BCUT2D eigenvalue weighted by Crippen LogP contribution is -2.18. The van der Waals surface area contributed by atoms with Gasteiger partial charge in [0.1, 0.15) is 0 Å². The quantitative estimate of drug-likeness (QED) is 0.293. The maximum absolute atomic E-state index is 2.60. The van der Waals surface area contributed by atoms with E-state index in [2.05, 4.69) is 33.8 Å². The third-order valence-electron chi connectivity index (χ3n) is 8.17. The molecule has 0 amide bonds. The highest BCUT2D eigenvalue weighted by atomic mass is 14.3. The second-order valence-corrected chi connectivity index (χ2v) is 10.3. The fraction of sp³-hybridized carbons (Fsp3) is 0.926. The number of rotatable bonds is 8. The summed E-state index contributed by atoms with van der Waals surface area (Å²) in [6.07, 6.45) is 26.0. The van der Waals surface area contributed by atoms with Crippen LogP contribution in [0.15, 0.2) is 11.6 Å². The predicted octanol–water partition coefficient (Wildman–Crippen LogP) is 9.34. The molecule has 2 saturated carbocycles. The van der Waals surface area contributed by atoms with E-state index in [4.69, 9.17) is 0 Å². The first-order valence-electron chi connectivity index (χ1n) is 12.8. The van der Waals surface area contributed by atoms with Gasteiger partial charge in [0.25, 0.3) is 0 Å². The van der Waals surface area contributed by atoms with Crippen LogP contribution in [-0.2, 0) is 0 Å². The van der Waals surface area contributed by atoms with Crippen molar-refractivity contribution in [3.63, 3.8) is 0 Å². The van der Waals surface area contributed by atoms with Crippen molar-refractivity contribution in [3.05, 3.63) is 11.6 Å². The minimum Gasteiger partial charge on any atom is -0.0859 e. The van der Waals surface area contributed by atoms with E-state index < -0.39 is 0 Å². The van der Waals surface area contributed by atoms with Crippen molar-refractivity contribution >= 4 is 0 Å². The average molecular weight is 375 g/mol. The molecule has 0 aromatic rings. The van der Waals surface area contributed by atoms with E-state index in [1.165, 1.54) is 103 Å². The van der Waals surface area contributed by atoms with Gasteiger partial charge in [0, 0.05) is 0 Å². The standard InChI is InChI=1S/C27H50/c1-5-10-22(3)17-18-25-12-8-15-27(16-9-13-25)23(4)21-26-14-7-11-24(6-2)19-20-26/h10,23-27H,5-9,11-21H2,1-4H3. The Morgan fingerprint density at radius 3 is 2.07 bits per heavy atom. The van der Waals surface area contributed by atoms with Gasteiger partial charge in [-0.05, 0) is 62.2 Å². The Hall–Kier alpha value is -0.260. The summed E-state index contributed by atoms with van der Waals surface area (Å²) in [5.74, 6) is 5.09. The van der Waals surface area contributed by atoms with Crippen molar-refractivity contribution in [1.82, 2.24) is 0 Å². The minimum absolute atomic E-state index is 0.972. The van der Waals surface area contributed by atoms with Crippen LogP contribution in [0.4, 0.5) is 0 Å². The summed E-state index contributed by atoms with van der Waals surface area (Å²) in [6, 6.07) is 0. The highest BCUT2D eigenvalue weighted by molar-refractivity contribution is 4.97. The van der Waals surface area contributed by atoms with Crippen LogP contribution in [0.25, 0.3) is 0 Å². The van der Waals surface area contributed by atoms with E-state index in [-0.39, 0.29) is 0 Å². The van der Waals surface area contributed by atoms with Gasteiger partial charge in [0.15, 0.2) is 0 Å². The zero-order valence-electron chi connectivity index (χ0n) is 19.3. The van der Waals surface area contributed by atoms with E-state index in [9.17, 15) is 0 Å². The van der Waals surface area contributed by atoms with E-state index in [0.717, 1.165) is 29.6 Å². The molecule has 0 aromatic carbocycles. The topological polar surface area (TPSA) is 0 Å². The van der Waals surface area contributed by atoms with Crippen LogP contribution >= 0.6 is 0 Å². The molecular weight excluding hydrogens is 324 g/mol. The molecule has 2 aliphatic rings. The van der Waals surface area contributed by atoms with Crippen molar-refractivity contribution in [2.24, 2.45) is 29.6 Å². The number of allylic oxidation sites excluding steroid dienone is 2. The molecule has 0 saturated heterocycles. The van der Waals surface area contributed by atoms with Gasteiger partial charge in [0.05, 0.1) is 0 Å². The minimum atomic E-state index is 0.972. The second-order valence-electron chi connectivity index (χ2n) is 10.3. The molecule has 0 aromatic heterocycles. The lowest BCUT2D eigenvalue weighted by molar-refractivity contribution is 0.212. The van der Waals surface area contributed by atoms with Crippen molar-refractivity contribution in [2.45, 2.75) is 130 Å². The van der Waals surface area contributed by atoms with Gasteiger partial charge in [-0.2, -0.15) is 0 Å². The lowest BCUT2D eigenvalue weighted by atomic mass is 9.75. The molecule has 0 heterocycles. The molecule has 0 N–H and O–H groups in total. The molecule has 0 aliphatic heterocycles. The molecule has 0 spiro atoms. The van der Waals surface area contributed by atoms with Crippen LogP contribution in [0.5, 0.6) is 0 Å². The Kier molecular flexibility index (Phi) is 11.1. The van der Waals surface area contributed by atoms with Gasteiger partial charge >= 0.3 is 0 Å². The third-order valence-corrected chi connectivity index (χ3v) is 8.17. The Morgan fingerprint density at radius 2 is 1.41 bits per heavy atom. The molecule has 27 heavy (non-hydrogen) atoms. The molecule has 3 unspecified atom stereocenters. The molecule has 2 aliphatic carbocycles. The summed E-state index contributed by atoms with van der Waals surface area (Å²) in [6.45, 7) is 9.60. The summed E-state index contributed by atoms with van der Waals surface area (Å²) >= 11 is 0. The molecule has 2 fully saturated rings. The van der Waals surface area contributed by atoms with E-state index in [1.54, 1.807) is 5.57 Å². The van der Waals surface area contributed by atoms with Crippen LogP contribution in [0.3, 0.4) is 0 Å². The van der Waals surface area contributed by atoms with E-state index in [1.807, 2.05) is 0 Å². The molecular formula is C27H50. The molecule has 0 radical (unpaired) electrons. The number of hydrogen-bond acceptors (Lipinski definition) is 0. The van der Waals surface area contributed by atoms with Crippen molar-refractivity contribution in [3.8, 4) is 0 Å². The van der Waals surface area contributed by atoms with E-state index >= 15 is 0 Å². The molecule has 0 bridgehead atoms. The second kappa shape index (κ2) is 13.1. The first kappa shape index (κ1) is 23.0. The Bertz CT molecular complexity index is 396. The van der Waals surface area contributed by atoms with Gasteiger partial charge < -0.3 is 0 Å². The van der Waals surface area contributed by atoms with Crippen molar-refractivity contribution in [2.75, 3.05) is 0 Å². The summed E-state index contributed by atoms with van der Waals surface area (Å²) < 4.78 is 0. The van der Waals surface area contributed by atoms with Crippen molar-refractivity contribution in [1.29, 1.82) is 0 Å². The summed E-state index contributed by atoms with van der Waals surface area (Å²) in [7, 11) is 0.